The molecule has 0 unspecified atom stereocenters. The van der Waals surface area contributed by atoms with Crippen LogP contribution in [0.25, 0.3) is 5.57 Å². The van der Waals surface area contributed by atoms with E-state index < -0.39 is 0 Å². The molecule has 0 amide bonds. The van der Waals surface area contributed by atoms with Crippen LogP contribution < -0.4 is 10.2 Å². The van der Waals surface area contributed by atoms with Crippen molar-refractivity contribution < 1.29 is 9.94 Å². The largest absolute Gasteiger partial charge is 0.487 e. The Hall–Kier alpha value is -2.17. The Balaban J connectivity index is 2.03. The predicted molar refractivity (Wildman–Crippen MR) is 78.5 cm³/mol. The van der Waals surface area contributed by atoms with E-state index >= 15 is 0 Å². The fraction of sp³-hybridized carbons (Fsp3) is 0.188. The third-order valence-corrected chi connectivity index (χ3v) is 2.90. The molecular weight excluding hydrogens is 252 g/mol. The number of hydrogen-bond acceptors (Lipinski definition) is 4. The molecule has 4 heteroatoms. The van der Waals surface area contributed by atoms with Gasteiger partial charge in [0, 0.05) is 12.7 Å². The standard InChI is InChI=1S/C16H18N2O2/c1-13(8-10-18-19)14-5-4-7-16(11-14)20-12-15-6-2-3-9-17-15/h2-9,11,18-19H,10,12H2,1H3/b13-8+. The number of nitrogens with one attached hydrogen (secondary N) is 1. The number of pyridine rings is 1. The number of aromatic nitrogens is 1. The fourth-order valence-corrected chi connectivity index (χ4v) is 1.79. The molecule has 2 rings (SSSR count). The average molecular weight is 270 g/mol. The van der Waals surface area contributed by atoms with E-state index in [9.17, 15) is 0 Å². The molecule has 0 saturated heterocycles. The summed E-state index contributed by atoms with van der Waals surface area (Å²) in [6.45, 7) is 2.87. The molecule has 20 heavy (non-hydrogen) atoms. The van der Waals surface area contributed by atoms with Gasteiger partial charge < -0.3 is 9.94 Å². The van der Waals surface area contributed by atoms with Crippen molar-refractivity contribution in [3.05, 3.63) is 66.0 Å². The predicted octanol–water partition coefficient (Wildman–Crippen LogP) is 3.04. The summed E-state index contributed by atoms with van der Waals surface area (Å²) in [5, 5.41) is 8.60. The van der Waals surface area contributed by atoms with Crippen molar-refractivity contribution in [2.45, 2.75) is 13.5 Å². The molecule has 0 radical (unpaired) electrons. The molecule has 0 atom stereocenters. The minimum absolute atomic E-state index is 0.421. The van der Waals surface area contributed by atoms with Crippen LogP contribution in [-0.2, 0) is 6.61 Å². The first-order valence-electron chi connectivity index (χ1n) is 6.46. The number of benzene rings is 1. The molecular formula is C16H18N2O2. The normalized spacial score (nSPS) is 11.4. The van der Waals surface area contributed by atoms with Crippen LogP contribution in [0.4, 0.5) is 0 Å². The van der Waals surface area contributed by atoms with Crippen LogP contribution in [0.15, 0.2) is 54.7 Å². The number of nitrogens with zero attached hydrogens (tertiary/aromatic N) is 1. The fourth-order valence-electron chi connectivity index (χ4n) is 1.79. The van der Waals surface area contributed by atoms with Crippen LogP contribution in [0.1, 0.15) is 18.2 Å². The molecule has 1 aromatic carbocycles. The van der Waals surface area contributed by atoms with Crippen LogP contribution >= 0.6 is 0 Å². The highest BCUT2D eigenvalue weighted by Gasteiger charge is 2.00. The number of rotatable bonds is 6. The number of ether oxygens (including phenoxy) is 1. The third kappa shape index (κ3) is 4.19. The molecule has 0 saturated carbocycles. The van der Waals surface area contributed by atoms with Crippen molar-refractivity contribution in [1.29, 1.82) is 0 Å². The monoisotopic (exact) mass is 270 g/mol. The minimum atomic E-state index is 0.421. The van der Waals surface area contributed by atoms with Gasteiger partial charge in [-0.1, -0.05) is 24.3 Å². The Morgan fingerprint density at radius 1 is 1.30 bits per heavy atom. The summed E-state index contributed by atoms with van der Waals surface area (Å²) in [6.07, 6.45) is 3.67. The van der Waals surface area contributed by atoms with Gasteiger partial charge in [0.05, 0.1) is 5.69 Å². The highest BCUT2D eigenvalue weighted by molar-refractivity contribution is 5.64. The maximum absolute atomic E-state index is 8.60. The minimum Gasteiger partial charge on any atom is -0.487 e. The molecule has 0 bridgehead atoms. The third-order valence-electron chi connectivity index (χ3n) is 2.90. The van der Waals surface area contributed by atoms with Crippen LogP contribution in [0.5, 0.6) is 5.75 Å². The lowest BCUT2D eigenvalue weighted by atomic mass is 10.1. The van der Waals surface area contributed by atoms with E-state index in [1.807, 2.05) is 55.5 Å². The molecule has 1 heterocycles. The van der Waals surface area contributed by atoms with Gasteiger partial charge in [-0.15, -0.1) is 0 Å². The van der Waals surface area contributed by atoms with Gasteiger partial charge in [0.15, 0.2) is 0 Å². The maximum atomic E-state index is 8.60. The van der Waals surface area contributed by atoms with Crippen LogP contribution in [-0.4, -0.2) is 16.7 Å². The summed E-state index contributed by atoms with van der Waals surface area (Å²) >= 11 is 0. The van der Waals surface area contributed by atoms with E-state index in [2.05, 4.69) is 10.5 Å². The summed E-state index contributed by atoms with van der Waals surface area (Å²) in [7, 11) is 0. The van der Waals surface area contributed by atoms with E-state index in [0.29, 0.717) is 13.2 Å². The van der Waals surface area contributed by atoms with E-state index in [1.165, 1.54) is 0 Å². The van der Waals surface area contributed by atoms with Crippen LogP contribution in [0.3, 0.4) is 0 Å². The Morgan fingerprint density at radius 3 is 2.95 bits per heavy atom. The second kappa shape index (κ2) is 7.43. The van der Waals surface area contributed by atoms with Crippen molar-refractivity contribution in [3.8, 4) is 5.75 Å². The summed E-state index contributed by atoms with van der Waals surface area (Å²) in [5.74, 6) is 0.804. The van der Waals surface area contributed by atoms with Gasteiger partial charge in [0.2, 0.25) is 0 Å². The Bertz CT molecular complexity index is 568. The Kier molecular flexibility index (Phi) is 5.29. The second-order valence-electron chi connectivity index (χ2n) is 4.39. The highest BCUT2D eigenvalue weighted by Crippen LogP contribution is 2.20. The van der Waals surface area contributed by atoms with Gasteiger partial charge in [-0.25, -0.2) is 5.48 Å². The zero-order chi connectivity index (χ0) is 14.2. The first kappa shape index (κ1) is 14.2. The van der Waals surface area contributed by atoms with Crippen molar-refractivity contribution in [2.24, 2.45) is 0 Å². The molecule has 2 N–H and O–H groups in total. The second-order valence-corrected chi connectivity index (χ2v) is 4.39. The SMILES string of the molecule is C/C(=C\CNO)c1cccc(OCc2ccccn2)c1. The Morgan fingerprint density at radius 2 is 2.20 bits per heavy atom. The molecule has 104 valence electrons. The average Bonchev–Trinajstić information content (AvgIpc) is 2.52. The highest BCUT2D eigenvalue weighted by atomic mass is 16.5. The van der Waals surface area contributed by atoms with E-state index in [-0.39, 0.29) is 0 Å². The van der Waals surface area contributed by atoms with Crippen molar-refractivity contribution in [3.63, 3.8) is 0 Å². The summed E-state index contributed by atoms with van der Waals surface area (Å²) in [5.41, 5.74) is 5.16. The molecule has 4 nitrogen and oxygen atoms in total. The van der Waals surface area contributed by atoms with Gasteiger partial charge >= 0.3 is 0 Å². The van der Waals surface area contributed by atoms with Crippen molar-refractivity contribution >= 4 is 5.57 Å². The first-order chi connectivity index (χ1) is 9.79. The molecule has 0 aliphatic rings. The summed E-state index contributed by atoms with van der Waals surface area (Å²) in [4.78, 5) is 4.22. The van der Waals surface area contributed by atoms with Gasteiger partial charge in [-0.2, -0.15) is 0 Å². The smallest absolute Gasteiger partial charge is 0.130 e. The van der Waals surface area contributed by atoms with Gasteiger partial charge in [0.1, 0.15) is 12.4 Å². The zero-order valence-corrected chi connectivity index (χ0v) is 11.4. The summed E-state index contributed by atoms with van der Waals surface area (Å²) < 4.78 is 5.73. The zero-order valence-electron chi connectivity index (χ0n) is 11.4. The molecule has 0 fully saturated rings. The lowest BCUT2D eigenvalue weighted by Gasteiger charge is -2.08. The van der Waals surface area contributed by atoms with Gasteiger partial charge in [-0.3, -0.25) is 4.98 Å². The molecule has 0 aliphatic heterocycles. The Labute approximate surface area is 118 Å². The maximum Gasteiger partial charge on any atom is 0.130 e. The molecule has 1 aromatic heterocycles. The van der Waals surface area contributed by atoms with Gasteiger partial charge in [0.25, 0.3) is 0 Å². The molecule has 2 aromatic rings. The quantitative estimate of drug-likeness (QED) is 0.792. The number of allylic oxidation sites excluding steroid dienone is 1. The van der Waals surface area contributed by atoms with E-state index in [1.54, 1.807) is 6.20 Å². The van der Waals surface area contributed by atoms with Crippen molar-refractivity contribution in [2.75, 3.05) is 6.54 Å². The summed E-state index contributed by atoms with van der Waals surface area (Å²) in [6, 6.07) is 13.6. The van der Waals surface area contributed by atoms with Crippen molar-refractivity contribution in [1.82, 2.24) is 10.5 Å². The lowest BCUT2D eigenvalue weighted by Crippen LogP contribution is -2.05. The van der Waals surface area contributed by atoms with Gasteiger partial charge in [-0.05, 0) is 42.3 Å². The number of hydroxylamine groups is 1. The van der Waals surface area contributed by atoms with E-state index in [4.69, 9.17) is 9.94 Å². The lowest BCUT2D eigenvalue weighted by molar-refractivity contribution is 0.180. The van der Waals surface area contributed by atoms with Crippen LogP contribution in [0.2, 0.25) is 0 Å². The molecule has 0 spiro atoms. The number of hydrogen-bond donors (Lipinski definition) is 2. The first-order valence-corrected chi connectivity index (χ1v) is 6.46. The molecule has 0 aliphatic carbocycles. The van der Waals surface area contributed by atoms with Crippen LogP contribution in [0, 0.1) is 0 Å². The van der Waals surface area contributed by atoms with E-state index in [0.717, 1.165) is 22.6 Å². The topological polar surface area (TPSA) is 54.4 Å².